The molecule has 0 aromatic heterocycles. The first-order valence-corrected chi connectivity index (χ1v) is 12.0. The zero-order valence-electron chi connectivity index (χ0n) is 13.0. The molecule has 21 heavy (non-hydrogen) atoms. The monoisotopic (exact) mass is 318 g/mol. The molecule has 0 heterocycles. The van der Waals surface area contributed by atoms with Crippen molar-refractivity contribution in [2.45, 2.75) is 35.8 Å². The SMILES string of the molecule is CC(c1ccccc1)([Si](C)(C)C)S(=O)(=O)c1ccccc1. The zero-order chi connectivity index (χ0) is 15.7. The molecule has 0 N–H and O–H groups in total. The molecule has 0 amide bonds. The van der Waals surface area contributed by atoms with Crippen molar-refractivity contribution < 1.29 is 8.42 Å². The first kappa shape index (κ1) is 16.0. The fraction of sp³-hybridized carbons (Fsp3) is 0.294. The minimum absolute atomic E-state index is 0.402. The van der Waals surface area contributed by atoms with Crippen LogP contribution in [-0.2, 0) is 14.2 Å². The summed E-state index contributed by atoms with van der Waals surface area (Å²) in [6, 6.07) is 18.4. The summed E-state index contributed by atoms with van der Waals surface area (Å²) < 4.78 is 25.8. The Balaban J connectivity index is 2.74. The van der Waals surface area contributed by atoms with Gasteiger partial charge in [0, 0.05) is 0 Å². The van der Waals surface area contributed by atoms with Crippen LogP contribution < -0.4 is 0 Å². The summed E-state index contributed by atoms with van der Waals surface area (Å²) in [5.41, 5.74) is 0.882. The third kappa shape index (κ3) is 2.58. The van der Waals surface area contributed by atoms with Gasteiger partial charge in [-0.2, -0.15) is 0 Å². The van der Waals surface area contributed by atoms with E-state index in [2.05, 4.69) is 19.6 Å². The quantitative estimate of drug-likeness (QED) is 0.790. The molecule has 2 aromatic rings. The van der Waals surface area contributed by atoms with E-state index in [-0.39, 0.29) is 0 Å². The normalized spacial score (nSPS) is 15.4. The van der Waals surface area contributed by atoms with Gasteiger partial charge in [0.05, 0.1) is 17.3 Å². The van der Waals surface area contributed by atoms with E-state index in [1.807, 2.05) is 43.3 Å². The van der Waals surface area contributed by atoms with Crippen LogP contribution in [0.3, 0.4) is 0 Å². The molecule has 0 aliphatic rings. The lowest BCUT2D eigenvalue weighted by Crippen LogP contribution is -2.52. The second-order valence-corrected chi connectivity index (χ2v) is 14.6. The van der Waals surface area contributed by atoms with E-state index in [1.54, 1.807) is 24.3 Å². The van der Waals surface area contributed by atoms with Crippen molar-refractivity contribution in [1.82, 2.24) is 0 Å². The number of hydrogen-bond donors (Lipinski definition) is 0. The van der Waals surface area contributed by atoms with Crippen molar-refractivity contribution in [2.24, 2.45) is 0 Å². The minimum atomic E-state index is -3.45. The highest BCUT2D eigenvalue weighted by molar-refractivity contribution is 7.94. The van der Waals surface area contributed by atoms with Crippen LogP contribution >= 0.6 is 0 Å². The van der Waals surface area contributed by atoms with Gasteiger partial charge in [0.1, 0.15) is 0 Å². The molecule has 0 fully saturated rings. The maximum Gasteiger partial charge on any atom is 0.185 e. The van der Waals surface area contributed by atoms with Gasteiger partial charge in [0.15, 0.2) is 9.84 Å². The number of hydrogen-bond acceptors (Lipinski definition) is 2. The molecule has 0 saturated carbocycles. The molecule has 0 bridgehead atoms. The Bertz CT molecular complexity index is 703. The summed E-state index contributed by atoms with van der Waals surface area (Å²) in [6.45, 7) is 8.22. The predicted octanol–water partition coefficient (Wildman–Crippen LogP) is 4.25. The lowest BCUT2D eigenvalue weighted by molar-refractivity contribution is 0.575. The Labute approximate surface area is 128 Å². The molecule has 2 aromatic carbocycles. The molecule has 0 aliphatic heterocycles. The van der Waals surface area contributed by atoms with E-state index in [0.717, 1.165) is 5.56 Å². The van der Waals surface area contributed by atoms with Gasteiger partial charge >= 0.3 is 0 Å². The van der Waals surface area contributed by atoms with E-state index < -0.39 is 22.3 Å². The van der Waals surface area contributed by atoms with Crippen molar-refractivity contribution >= 4 is 17.9 Å². The molecule has 1 unspecified atom stereocenters. The van der Waals surface area contributed by atoms with Crippen molar-refractivity contribution in [2.75, 3.05) is 0 Å². The first-order chi connectivity index (χ1) is 9.71. The average Bonchev–Trinajstić information content (AvgIpc) is 2.47. The van der Waals surface area contributed by atoms with Gasteiger partial charge in [0.2, 0.25) is 0 Å². The molecule has 1 atom stereocenters. The third-order valence-corrected chi connectivity index (χ3v) is 12.3. The second-order valence-electron chi connectivity index (χ2n) is 6.47. The van der Waals surface area contributed by atoms with Crippen LogP contribution in [0.15, 0.2) is 65.6 Å². The van der Waals surface area contributed by atoms with Gasteiger partial charge in [0.25, 0.3) is 0 Å². The van der Waals surface area contributed by atoms with Crippen molar-refractivity contribution in [3.05, 3.63) is 66.2 Å². The van der Waals surface area contributed by atoms with E-state index in [4.69, 9.17) is 0 Å². The molecule has 0 spiro atoms. The Kier molecular flexibility index (Phi) is 4.13. The molecule has 2 nitrogen and oxygen atoms in total. The molecular formula is C17H22O2SSi. The summed E-state index contributed by atoms with van der Waals surface area (Å²) in [7, 11) is -5.51. The first-order valence-electron chi connectivity index (χ1n) is 7.06. The Morgan fingerprint density at radius 2 is 1.24 bits per heavy atom. The summed E-state index contributed by atoms with van der Waals surface area (Å²) >= 11 is 0. The maximum atomic E-state index is 13.3. The Morgan fingerprint density at radius 3 is 1.67 bits per heavy atom. The highest BCUT2D eigenvalue weighted by atomic mass is 32.2. The molecule has 0 radical (unpaired) electrons. The largest absolute Gasteiger partial charge is 0.223 e. The zero-order valence-corrected chi connectivity index (χ0v) is 14.8. The highest BCUT2D eigenvalue weighted by Gasteiger charge is 2.51. The van der Waals surface area contributed by atoms with Crippen LogP contribution in [0.1, 0.15) is 12.5 Å². The van der Waals surface area contributed by atoms with Gasteiger partial charge in [-0.05, 0) is 24.6 Å². The van der Waals surface area contributed by atoms with Crippen LogP contribution in [-0.4, -0.2) is 16.5 Å². The van der Waals surface area contributed by atoms with Crippen LogP contribution in [0.25, 0.3) is 0 Å². The van der Waals surface area contributed by atoms with Crippen LogP contribution in [0.2, 0.25) is 19.6 Å². The lowest BCUT2D eigenvalue weighted by Gasteiger charge is -2.40. The summed E-state index contributed by atoms with van der Waals surface area (Å²) in [6.07, 6.45) is 0. The second kappa shape index (κ2) is 5.43. The molecule has 0 saturated heterocycles. The highest BCUT2D eigenvalue weighted by Crippen LogP contribution is 2.42. The number of benzene rings is 2. The Hall–Kier alpha value is -1.39. The van der Waals surface area contributed by atoms with Gasteiger partial charge in [-0.1, -0.05) is 68.2 Å². The van der Waals surface area contributed by atoms with E-state index in [9.17, 15) is 8.42 Å². The van der Waals surface area contributed by atoms with Crippen molar-refractivity contribution in [3.63, 3.8) is 0 Å². The van der Waals surface area contributed by atoms with Crippen LogP contribution in [0.5, 0.6) is 0 Å². The standard InChI is InChI=1S/C17H22O2SSi/c1-17(21(2,3)4,15-11-7-5-8-12-15)20(18,19)16-13-9-6-10-14-16/h5-14H,1-4H3. The fourth-order valence-electron chi connectivity index (χ4n) is 2.58. The van der Waals surface area contributed by atoms with Gasteiger partial charge in [-0.25, -0.2) is 8.42 Å². The van der Waals surface area contributed by atoms with Gasteiger partial charge in [-0.15, -0.1) is 0 Å². The summed E-state index contributed by atoms with van der Waals surface area (Å²) in [4.78, 5) is 0.402. The van der Waals surface area contributed by atoms with E-state index in [0.29, 0.717) is 4.90 Å². The van der Waals surface area contributed by atoms with Crippen LogP contribution in [0, 0.1) is 0 Å². The van der Waals surface area contributed by atoms with Gasteiger partial charge in [-0.3, -0.25) is 0 Å². The van der Waals surface area contributed by atoms with E-state index in [1.165, 1.54) is 0 Å². The molecule has 2 rings (SSSR count). The number of rotatable bonds is 4. The third-order valence-electron chi connectivity index (χ3n) is 4.35. The molecule has 112 valence electrons. The average molecular weight is 319 g/mol. The summed E-state index contributed by atoms with van der Waals surface area (Å²) in [5, 5.41) is 0. The lowest BCUT2D eigenvalue weighted by atomic mass is 10.1. The molecule has 0 aliphatic carbocycles. The Morgan fingerprint density at radius 1 is 0.810 bits per heavy atom. The fourth-order valence-corrected chi connectivity index (χ4v) is 8.63. The van der Waals surface area contributed by atoms with Crippen LogP contribution in [0.4, 0.5) is 0 Å². The minimum Gasteiger partial charge on any atom is -0.223 e. The number of sulfone groups is 1. The van der Waals surface area contributed by atoms with Gasteiger partial charge < -0.3 is 0 Å². The maximum absolute atomic E-state index is 13.3. The van der Waals surface area contributed by atoms with E-state index >= 15 is 0 Å². The predicted molar refractivity (Wildman–Crippen MR) is 90.8 cm³/mol. The van der Waals surface area contributed by atoms with Crippen molar-refractivity contribution in [3.8, 4) is 0 Å². The summed E-state index contributed by atoms with van der Waals surface area (Å²) in [5.74, 6) is 0. The molecule has 4 heteroatoms. The topological polar surface area (TPSA) is 34.1 Å². The smallest absolute Gasteiger partial charge is 0.185 e. The van der Waals surface area contributed by atoms with Crippen molar-refractivity contribution in [1.29, 1.82) is 0 Å². The molecular weight excluding hydrogens is 296 g/mol.